The monoisotopic (exact) mass is 389 g/mol. The van der Waals surface area contributed by atoms with E-state index in [-0.39, 0.29) is 5.75 Å². The fourth-order valence-corrected chi connectivity index (χ4v) is 4.35. The minimum Gasteiger partial charge on any atom is -0.369 e. The maximum absolute atomic E-state index is 12.2. The lowest BCUT2D eigenvalue weighted by Gasteiger charge is -2.17. The Morgan fingerprint density at radius 2 is 1.85 bits per heavy atom. The van der Waals surface area contributed by atoms with Crippen LogP contribution < -0.4 is 14.9 Å². The second-order valence-electron chi connectivity index (χ2n) is 6.92. The van der Waals surface area contributed by atoms with Crippen molar-refractivity contribution in [2.45, 2.75) is 32.4 Å². The van der Waals surface area contributed by atoms with Crippen LogP contribution in [0.3, 0.4) is 0 Å². The summed E-state index contributed by atoms with van der Waals surface area (Å²) in [6.45, 7) is 6.63. The molecule has 0 atom stereocenters. The van der Waals surface area contributed by atoms with Crippen molar-refractivity contribution in [3.05, 3.63) is 47.3 Å². The van der Waals surface area contributed by atoms with Crippen molar-refractivity contribution in [1.82, 2.24) is 14.7 Å². The van der Waals surface area contributed by atoms with Crippen molar-refractivity contribution in [2.75, 3.05) is 36.4 Å². The van der Waals surface area contributed by atoms with E-state index in [4.69, 9.17) is 0 Å². The molecular formula is C19H27N5O2S. The zero-order valence-electron chi connectivity index (χ0n) is 15.9. The lowest BCUT2D eigenvalue weighted by Crippen LogP contribution is -2.30. The molecule has 0 bridgehead atoms. The Labute approximate surface area is 161 Å². The smallest absolute Gasteiger partial charge is 0.215 e. The Hall–Kier alpha value is -2.19. The minimum atomic E-state index is -3.37. The molecule has 1 aromatic heterocycles. The molecule has 1 saturated heterocycles. The van der Waals surface area contributed by atoms with E-state index in [1.807, 2.05) is 44.2 Å². The van der Waals surface area contributed by atoms with Crippen molar-refractivity contribution in [1.29, 1.82) is 0 Å². The molecule has 0 spiro atoms. The predicted molar refractivity (Wildman–Crippen MR) is 109 cm³/mol. The number of hydrogen-bond donors (Lipinski definition) is 2. The molecule has 2 heterocycles. The summed E-state index contributed by atoms with van der Waals surface area (Å²) in [4.78, 5) is 11.1. The van der Waals surface area contributed by atoms with Crippen LogP contribution in [0.4, 0.5) is 11.6 Å². The van der Waals surface area contributed by atoms with E-state index >= 15 is 0 Å². The summed E-state index contributed by atoms with van der Waals surface area (Å²) in [5.41, 5.74) is 1.84. The molecule has 0 saturated carbocycles. The van der Waals surface area contributed by atoms with Gasteiger partial charge in [-0.3, -0.25) is 0 Å². The second kappa shape index (κ2) is 8.67. The molecule has 1 fully saturated rings. The Balaban J connectivity index is 1.51. The van der Waals surface area contributed by atoms with Crippen LogP contribution in [-0.2, 0) is 15.8 Å². The zero-order valence-corrected chi connectivity index (χ0v) is 16.7. The van der Waals surface area contributed by atoms with Crippen LogP contribution >= 0.6 is 0 Å². The highest BCUT2D eigenvalue weighted by molar-refractivity contribution is 7.88. The summed E-state index contributed by atoms with van der Waals surface area (Å²) < 4.78 is 27.1. The number of sulfonamides is 1. The van der Waals surface area contributed by atoms with E-state index < -0.39 is 10.0 Å². The van der Waals surface area contributed by atoms with Gasteiger partial charge < -0.3 is 10.2 Å². The first-order valence-electron chi connectivity index (χ1n) is 9.29. The standard InChI is InChI=1S/C19H27N5O2S/c1-15-6-5-7-17(12-15)14-27(25,26)21-9-8-20-18-13-19(23-16(2)22-18)24-10-3-4-11-24/h5-7,12-13,21H,3-4,8-11,14H2,1-2H3,(H,20,22,23). The third-order valence-corrected chi connectivity index (χ3v) is 5.80. The van der Waals surface area contributed by atoms with Crippen LogP contribution in [0.15, 0.2) is 30.3 Å². The first-order chi connectivity index (χ1) is 12.9. The largest absolute Gasteiger partial charge is 0.369 e. The zero-order chi connectivity index (χ0) is 19.3. The lowest BCUT2D eigenvalue weighted by molar-refractivity contribution is 0.582. The fraction of sp³-hybridized carbons (Fsp3) is 0.474. The van der Waals surface area contributed by atoms with Gasteiger partial charge in [0, 0.05) is 32.2 Å². The Bertz CT molecular complexity index is 879. The van der Waals surface area contributed by atoms with Gasteiger partial charge in [0.15, 0.2) is 0 Å². The number of nitrogens with zero attached hydrogens (tertiary/aromatic N) is 3. The molecule has 1 aliphatic heterocycles. The molecule has 0 amide bonds. The van der Waals surface area contributed by atoms with Gasteiger partial charge in [0.2, 0.25) is 10.0 Å². The van der Waals surface area contributed by atoms with Gasteiger partial charge >= 0.3 is 0 Å². The van der Waals surface area contributed by atoms with Crippen LogP contribution in [-0.4, -0.2) is 44.6 Å². The normalized spacial score (nSPS) is 14.5. The van der Waals surface area contributed by atoms with Crippen LogP contribution in [0.1, 0.15) is 29.8 Å². The van der Waals surface area contributed by atoms with E-state index in [9.17, 15) is 8.42 Å². The highest BCUT2D eigenvalue weighted by Crippen LogP contribution is 2.20. The molecule has 8 heteroatoms. The van der Waals surface area contributed by atoms with Gasteiger partial charge in [-0.1, -0.05) is 29.8 Å². The highest BCUT2D eigenvalue weighted by atomic mass is 32.2. The van der Waals surface area contributed by atoms with Gasteiger partial charge in [-0.15, -0.1) is 0 Å². The van der Waals surface area contributed by atoms with Crippen molar-refractivity contribution in [3.63, 3.8) is 0 Å². The molecule has 0 aliphatic carbocycles. The third kappa shape index (κ3) is 5.90. The van der Waals surface area contributed by atoms with E-state index in [2.05, 4.69) is 24.9 Å². The van der Waals surface area contributed by atoms with E-state index in [0.29, 0.717) is 18.9 Å². The third-order valence-electron chi connectivity index (χ3n) is 4.45. The van der Waals surface area contributed by atoms with Gasteiger partial charge in [0.1, 0.15) is 17.5 Å². The van der Waals surface area contributed by atoms with Gasteiger partial charge in [0.05, 0.1) is 5.75 Å². The summed E-state index contributed by atoms with van der Waals surface area (Å²) in [5.74, 6) is 2.35. The molecule has 0 unspecified atom stereocenters. The number of hydrogen-bond acceptors (Lipinski definition) is 6. The lowest BCUT2D eigenvalue weighted by atomic mass is 10.2. The molecule has 27 heavy (non-hydrogen) atoms. The summed E-state index contributed by atoms with van der Waals surface area (Å²) in [6, 6.07) is 9.47. The summed E-state index contributed by atoms with van der Waals surface area (Å²) in [5, 5.41) is 3.19. The van der Waals surface area contributed by atoms with Gasteiger partial charge in [-0.25, -0.2) is 23.1 Å². The summed E-state index contributed by atoms with van der Waals surface area (Å²) in [7, 11) is -3.37. The van der Waals surface area contributed by atoms with Gasteiger partial charge in [0.25, 0.3) is 0 Å². The van der Waals surface area contributed by atoms with Crippen molar-refractivity contribution >= 4 is 21.7 Å². The number of anilines is 2. The predicted octanol–water partition coefficient (Wildman–Crippen LogP) is 2.23. The first kappa shape index (κ1) is 19.6. The Morgan fingerprint density at radius 1 is 1.07 bits per heavy atom. The minimum absolute atomic E-state index is 0.0135. The van der Waals surface area contributed by atoms with Crippen molar-refractivity contribution < 1.29 is 8.42 Å². The number of aromatic nitrogens is 2. The molecule has 3 rings (SSSR count). The number of benzene rings is 1. The number of rotatable bonds is 8. The quantitative estimate of drug-likeness (QED) is 0.673. The van der Waals surface area contributed by atoms with E-state index in [0.717, 1.165) is 35.9 Å². The van der Waals surface area contributed by atoms with Gasteiger partial charge in [-0.05, 0) is 32.3 Å². The Morgan fingerprint density at radius 3 is 2.59 bits per heavy atom. The molecule has 2 aromatic rings. The van der Waals surface area contributed by atoms with Crippen molar-refractivity contribution in [2.24, 2.45) is 0 Å². The van der Waals surface area contributed by atoms with Crippen molar-refractivity contribution in [3.8, 4) is 0 Å². The van der Waals surface area contributed by atoms with Crippen LogP contribution in [0.25, 0.3) is 0 Å². The average Bonchev–Trinajstić information content (AvgIpc) is 3.13. The van der Waals surface area contributed by atoms with Crippen LogP contribution in [0.5, 0.6) is 0 Å². The average molecular weight is 390 g/mol. The highest BCUT2D eigenvalue weighted by Gasteiger charge is 2.15. The SMILES string of the molecule is Cc1cccc(CS(=O)(=O)NCCNc2cc(N3CCCC3)nc(C)n2)c1. The summed E-state index contributed by atoms with van der Waals surface area (Å²) >= 11 is 0. The first-order valence-corrected chi connectivity index (χ1v) is 10.9. The molecule has 7 nitrogen and oxygen atoms in total. The number of aryl methyl sites for hydroxylation is 2. The molecule has 2 N–H and O–H groups in total. The second-order valence-corrected chi connectivity index (χ2v) is 8.73. The molecular weight excluding hydrogens is 362 g/mol. The van der Waals surface area contributed by atoms with E-state index in [1.54, 1.807) is 0 Å². The van der Waals surface area contributed by atoms with E-state index in [1.165, 1.54) is 12.8 Å². The topological polar surface area (TPSA) is 87.2 Å². The Kier molecular flexibility index (Phi) is 6.28. The molecule has 146 valence electrons. The molecule has 1 aromatic carbocycles. The fourth-order valence-electron chi connectivity index (χ4n) is 3.22. The van der Waals surface area contributed by atoms with Gasteiger partial charge in [-0.2, -0.15) is 0 Å². The summed E-state index contributed by atoms with van der Waals surface area (Å²) in [6.07, 6.45) is 2.38. The maximum atomic E-state index is 12.2. The number of nitrogens with one attached hydrogen (secondary N) is 2. The van der Waals surface area contributed by atoms with Crippen LogP contribution in [0, 0.1) is 13.8 Å². The molecule has 1 aliphatic rings. The molecule has 0 radical (unpaired) electrons. The maximum Gasteiger partial charge on any atom is 0.215 e. The van der Waals surface area contributed by atoms with Crippen LogP contribution in [0.2, 0.25) is 0 Å².